The first-order chi connectivity index (χ1) is 16.5. The molecule has 1 fully saturated rings. The first-order valence-corrected chi connectivity index (χ1v) is 12.4. The number of carbonyl (C=O) groups excluding carboxylic acids is 2. The van der Waals surface area contributed by atoms with Crippen LogP contribution in [0.5, 0.6) is 0 Å². The number of carbonyl (C=O) groups is 2. The van der Waals surface area contributed by atoms with E-state index in [-0.39, 0.29) is 29.9 Å². The molecule has 8 heteroatoms. The Balaban J connectivity index is 1.72. The molecular formula is C26H37N3O5. The van der Waals surface area contributed by atoms with Gasteiger partial charge in [-0.05, 0) is 82.1 Å². The molecule has 8 nitrogen and oxygen atoms in total. The molecular weight excluding hydrogens is 434 g/mol. The number of nitriles is 1. The number of nitrogens with zero attached hydrogens (tertiary/aromatic N) is 2. The molecule has 2 amide bonds. The summed E-state index contributed by atoms with van der Waals surface area (Å²) in [7, 11) is 1.42. The monoisotopic (exact) mass is 471 g/mol. The predicted molar refractivity (Wildman–Crippen MR) is 128 cm³/mol. The summed E-state index contributed by atoms with van der Waals surface area (Å²) in [6.45, 7) is 5.10. The Hall–Kier alpha value is -2.63. The summed E-state index contributed by atoms with van der Waals surface area (Å²) in [4.78, 5) is 27.2. The highest BCUT2D eigenvalue weighted by Gasteiger charge is 2.33. The number of rotatable bonds is 9. The number of methoxy groups -OCH3 is 1. The Morgan fingerprint density at radius 2 is 1.82 bits per heavy atom. The molecule has 1 N–H and O–H groups in total. The van der Waals surface area contributed by atoms with Gasteiger partial charge < -0.3 is 24.4 Å². The summed E-state index contributed by atoms with van der Waals surface area (Å²) in [5.74, 6) is -0.222. The van der Waals surface area contributed by atoms with Gasteiger partial charge in [-0.3, -0.25) is 4.79 Å². The van der Waals surface area contributed by atoms with E-state index in [2.05, 4.69) is 11.4 Å². The molecule has 34 heavy (non-hydrogen) atoms. The van der Waals surface area contributed by atoms with Crippen LogP contribution in [0.3, 0.4) is 0 Å². The number of esters is 1. The predicted octanol–water partition coefficient (Wildman–Crippen LogP) is 4.28. The van der Waals surface area contributed by atoms with Crippen molar-refractivity contribution in [3.8, 4) is 6.07 Å². The highest BCUT2D eigenvalue weighted by atomic mass is 16.7. The zero-order valence-electron chi connectivity index (χ0n) is 20.5. The fraction of sp³-hybridized carbons (Fsp3) is 0.654. The standard InChI is InChI=1S/C26H37N3O5/c1-4-33-24(34-5-2)17-29(23-12-9-19(10-13-23)25(30)32-3)26(31)28-22-11-8-20-14-18(16-27)6-7-21(20)15-22/h8,11,15,18-19,23-24H,4-7,9-10,12-14,17H2,1-3H3,(H,28,31). The van der Waals surface area contributed by atoms with Gasteiger partial charge in [-0.2, -0.15) is 5.26 Å². The average Bonchev–Trinajstić information content (AvgIpc) is 2.86. The van der Waals surface area contributed by atoms with E-state index in [0.29, 0.717) is 32.6 Å². The van der Waals surface area contributed by atoms with Crippen LogP contribution < -0.4 is 5.32 Å². The number of hydrogen-bond acceptors (Lipinski definition) is 6. The van der Waals surface area contributed by atoms with E-state index in [1.807, 2.05) is 32.0 Å². The van der Waals surface area contributed by atoms with Crippen molar-refractivity contribution in [3.63, 3.8) is 0 Å². The van der Waals surface area contributed by atoms with Gasteiger partial charge in [-0.25, -0.2) is 4.79 Å². The van der Waals surface area contributed by atoms with Crippen LogP contribution in [0, 0.1) is 23.2 Å². The van der Waals surface area contributed by atoms with Gasteiger partial charge in [0.15, 0.2) is 6.29 Å². The quantitative estimate of drug-likeness (QED) is 0.426. The third kappa shape index (κ3) is 6.71. The van der Waals surface area contributed by atoms with Crippen LogP contribution in [-0.2, 0) is 31.8 Å². The molecule has 0 bridgehead atoms. The van der Waals surface area contributed by atoms with Crippen molar-refractivity contribution in [1.82, 2.24) is 4.90 Å². The summed E-state index contributed by atoms with van der Waals surface area (Å²) < 4.78 is 16.4. The van der Waals surface area contributed by atoms with Crippen molar-refractivity contribution in [2.45, 2.75) is 71.1 Å². The molecule has 0 heterocycles. The zero-order valence-corrected chi connectivity index (χ0v) is 20.5. The summed E-state index contributed by atoms with van der Waals surface area (Å²) in [5.41, 5.74) is 3.12. The van der Waals surface area contributed by atoms with Crippen molar-refractivity contribution < 1.29 is 23.8 Å². The van der Waals surface area contributed by atoms with Crippen molar-refractivity contribution in [2.24, 2.45) is 11.8 Å². The Labute approximate surface area is 202 Å². The Morgan fingerprint density at radius 3 is 2.44 bits per heavy atom. The number of hydrogen-bond donors (Lipinski definition) is 1. The van der Waals surface area contributed by atoms with E-state index < -0.39 is 6.29 Å². The molecule has 0 aliphatic heterocycles. The Morgan fingerprint density at radius 1 is 1.12 bits per heavy atom. The van der Waals surface area contributed by atoms with Crippen LogP contribution in [0.25, 0.3) is 0 Å². The SMILES string of the molecule is CCOC(CN(C(=O)Nc1ccc2c(c1)CCC(C#N)C2)C1CCC(C(=O)OC)CC1)OCC. The Kier molecular flexibility index (Phi) is 9.73. The van der Waals surface area contributed by atoms with Gasteiger partial charge >= 0.3 is 12.0 Å². The second kappa shape index (κ2) is 12.7. The number of fused-ring (bicyclic) bond motifs is 1. The second-order valence-corrected chi connectivity index (χ2v) is 9.00. The van der Waals surface area contributed by atoms with Gasteiger partial charge in [0.25, 0.3) is 0 Å². The van der Waals surface area contributed by atoms with Gasteiger partial charge in [0, 0.05) is 24.9 Å². The number of amides is 2. The molecule has 1 saturated carbocycles. The van der Waals surface area contributed by atoms with Gasteiger partial charge in [0.1, 0.15) is 0 Å². The number of benzene rings is 1. The van der Waals surface area contributed by atoms with Gasteiger partial charge in [-0.1, -0.05) is 6.07 Å². The number of aryl methyl sites for hydroxylation is 1. The van der Waals surface area contributed by atoms with Crippen LogP contribution >= 0.6 is 0 Å². The fourth-order valence-corrected chi connectivity index (χ4v) is 5.01. The minimum Gasteiger partial charge on any atom is -0.469 e. The van der Waals surface area contributed by atoms with E-state index in [1.165, 1.54) is 18.2 Å². The number of urea groups is 1. The molecule has 1 aromatic carbocycles. The number of ether oxygens (including phenoxy) is 3. The molecule has 0 aromatic heterocycles. The highest BCUT2D eigenvalue weighted by molar-refractivity contribution is 5.89. The van der Waals surface area contributed by atoms with Gasteiger partial charge in [0.2, 0.25) is 0 Å². The van der Waals surface area contributed by atoms with Crippen LogP contribution in [-0.4, -0.2) is 56.1 Å². The molecule has 1 unspecified atom stereocenters. The average molecular weight is 472 g/mol. The largest absolute Gasteiger partial charge is 0.469 e. The van der Waals surface area contributed by atoms with Crippen LogP contribution in [0.4, 0.5) is 10.5 Å². The lowest BCUT2D eigenvalue weighted by atomic mass is 9.84. The third-order valence-electron chi connectivity index (χ3n) is 6.85. The van der Waals surface area contributed by atoms with Gasteiger partial charge in [0.05, 0.1) is 31.6 Å². The van der Waals surface area contributed by atoms with Crippen LogP contribution in [0.2, 0.25) is 0 Å². The lowest BCUT2D eigenvalue weighted by Gasteiger charge is -2.37. The summed E-state index contributed by atoms with van der Waals surface area (Å²) >= 11 is 0. The molecule has 186 valence electrons. The van der Waals surface area contributed by atoms with Gasteiger partial charge in [-0.15, -0.1) is 0 Å². The van der Waals surface area contributed by atoms with Crippen molar-refractivity contribution in [2.75, 3.05) is 32.2 Å². The molecule has 2 aliphatic carbocycles. The molecule has 2 aliphatic rings. The minimum atomic E-state index is -0.509. The maximum absolute atomic E-state index is 13.5. The molecule has 1 aromatic rings. The highest BCUT2D eigenvalue weighted by Crippen LogP contribution is 2.30. The molecule has 0 spiro atoms. The van der Waals surface area contributed by atoms with E-state index in [1.54, 1.807) is 4.90 Å². The molecule has 3 rings (SSSR count). The van der Waals surface area contributed by atoms with E-state index in [9.17, 15) is 14.9 Å². The first kappa shape index (κ1) is 26.0. The number of anilines is 1. The zero-order chi connectivity index (χ0) is 24.5. The molecule has 0 saturated heterocycles. The van der Waals surface area contributed by atoms with Crippen molar-refractivity contribution >= 4 is 17.7 Å². The topological polar surface area (TPSA) is 101 Å². The lowest BCUT2D eigenvalue weighted by Crippen LogP contribution is -2.49. The third-order valence-corrected chi connectivity index (χ3v) is 6.85. The van der Waals surface area contributed by atoms with Crippen LogP contribution in [0.1, 0.15) is 57.1 Å². The summed E-state index contributed by atoms with van der Waals surface area (Å²) in [5, 5.41) is 12.3. The number of nitrogens with one attached hydrogen (secondary N) is 1. The molecule has 1 atom stereocenters. The van der Waals surface area contributed by atoms with Crippen LogP contribution in [0.15, 0.2) is 18.2 Å². The van der Waals surface area contributed by atoms with Crippen molar-refractivity contribution in [1.29, 1.82) is 5.26 Å². The first-order valence-electron chi connectivity index (χ1n) is 12.4. The normalized spacial score (nSPS) is 21.9. The molecule has 0 radical (unpaired) electrons. The maximum Gasteiger partial charge on any atom is 0.322 e. The lowest BCUT2D eigenvalue weighted by molar-refractivity contribution is -0.150. The second-order valence-electron chi connectivity index (χ2n) is 9.00. The van der Waals surface area contributed by atoms with E-state index in [4.69, 9.17) is 14.2 Å². The minimum absolute atomic E-state index is 0.0154. The summed E-state index contributed by atoms with van der Waals surface area (Å²) in [6, 6.07) is 8.10. The van der Waals surface area contributed by atoms with E-state index in [0.717, 1.165) is 37.8 Å². The summed E-state index contributed by atoms with van der Waals surface area (Å²) in [6.07, 6.45) is 4.76. The Bertz CT molecular complexity index is 870. The maximum atomic E-state index is 13.5. The fourth-order valence-electron chi connectivity index (χ4n) is 5.01. The van der Waals surface area contributed by atoms with Crippen molar-refractivity contribution in [3.05, 3.63) is 29.3 Å². The van der Waals surface area contributed by atoms with E-state index >= 15 is 0 Å². The smallest absolute Gasteiger partial charge is 0.322 e.